The van der Waals surface area contributed by atoms with Crippen molar-refractivity contribution in [1.29, 1.82) is 0 Å². The Morgan fingerprint density at radius 3 is 2.65 bits per heavy atom. The van der Waals surface area contributed by atoms with Crippen LogP contribution in [0.1, 0.15) is 39.2 Å². The second-order valence-electron chi connectivity index (χ2n) is 6.53. The van der Waals surface area contributed by atoms with Crippen LogP contribution < -0.4 is 5.32 Å². The Labute approximate surface area is 124 Å². The van der Waals surface area contributed by atoms with E-state index in [4.69, 9.17) is 0 Å². The highest BCUT2D eigenvalue weighted by molar-refractivity contribution is 5.15. The van der Waals surface area contributed by atoms with E-state index in [9.17, 15) is 0 Å². The molecule has 0 bridgehead atoms. The van der Waals surface area contributed by atoms with Gasteiger partial charge in [-0.15, -0.1) is 0 Å². The molecular weight excluding hydrogens is 244 g/mol. The lowest BCUT2D eigenvalue weighted by Crippen LogP contribution is -2.56. The Morgan fingerprint density at radius 2 is 2.00 bits per heavy atom. The van der Waals surface area contributed by atoms with E-state index in [1.165, 1.54) is 37.9 Å². The van der Waals surface area contributed by atoms with Crippen molar-refractivity contribution in [1.82, 2.24) is 10.2 Å². The molecule has 1 aromatic rings. The van der Waals surface area contributed by atoms with Crippen LogP contribution >= 0.6 is 0 Å². The Morgan fingerprint density at radius 1 is 1.25 bits per heavy atom. The highest BCUT2D eigenvalue weighted by Gasteiger charge is 2.26. The van der Waals surface area contributed by atoms with Gasteiger partial charge in [0.05, 0.1) is 0 Å². The van der Waals surface area contributed by atoms with E-state index in [0.29, 0.717) is 12.1 Å². The Balaban J connectivity index is 1.88. The summed E-state index contributed by atoms with van der Waals surface area (Å²) in [5.74, 6) is 0.779. The predicted molar refractivity (Wildman–Crippen MR) is 87.0 cm³/mol. The first-order valence-corrected chi connectivity index (χ1v) is 8.20. The summed E-state index contributed by atoms with van der Waals surface area (Å²) >= 11 is 0. The standard InChI is InChI=1S/C18H30N2/c1-4-18-13-19-17(12-15(2)3)14-20(18)11-10-16-8-6-5-7-9-16/h5-9,15,17-19H,4,10-14H2,1-3H3. The van der Waals surface area contributed by atoms with Crippen LogP contribution in [0.25, 0.3) is 0 Å². The molecule has 1 aliphatic rings. The van der Waals surface area contributed by atoms with Gasteiger partial charge >= 0.3 is 0 Å². The van der Waals surface area contributed by atoms with Gasteiger partial charge in [-0.3, -0.25) is 4.90 Å². The molecule has 2 unspecified atom stereocenters. The van der Waals surface area contributed by atoms with Gasteiger partial charge in [0.2, 0.25) is 0 Å². The molecule has 20 heavy (non-hydrogen) atoms. The fourth-order valence-electron chi connectivity index (χ4n) is 3.25. The summed E-state index contributed by atoms with van der Waals surface area (Å²) in [6, 6.07) is 12.3. The van der Waals surface area contributed by atoms with Crippen LogP contribution in [0.3, 0.4) is 0 Å². The normalized spacial score (nSPS) is 24.2. The van der Waals surface area contributed by atoms with E-state index >= 15 is 0 Å². The fraction of sp³-hybridized carbons (Fsp3) is 0.667. The molecule has 112 valence electrons. The van der Waals surface area contributed by atoms with Crippen molar-refractivity contribution >= 4 is 0 Å². The maximum absolute atomic E-state index is 3.74. The van der Waals surface area contributed by atoms with Gasteiger partial charge in [0.1, 0.15) is 0 Å². The van der Waals surface area contributed by atoms with Crippen LogP contribution in [-0.2, 0) is 6.42 Å². The minimum absolute atomic E-state index is 0.675. The van der Waals surface area contributed by atoms with Gasteiger partial charge in [-0.2, -0.15) is 0 Å². The van der Waals surface area contributed by atoms with Gasteiger partial charge in [0.15, 0.2) is 0 Å². The summed E-state index contributed by atoms with van der Waals surface area (Å²) in [6.07, 6.45) is 3.71. The molecule has 1 aliphatic heterocycles. The van der Waals surface area contributed by atoms with Crippen LogP contribution in [0, 0.1) is 5.92 Å². The van der Waals surface area contributed by atoms with E-state index < -0.39 is 0 Å². The van der Waals surface area contributed by atoms with E-state index in [1.54, 1.807) is 0 Å². The third kappa shape index (κ3) is 4.60. The number of nitrogens with one attached hydrogen (secondary N) is 1. The zero-order valence-corrected chi connectivity index (χ0v) is 13.3. The molecule has 1 heterocycles. The quantitative estimate of drug-likeness (QED) is 0.856. The zero-order valence-electron chi connectivity index (χ0n) is 13.3. The fourth-order valence-corrected chi connectivity index (χ4v) is 3.25. The van der Waals surface area contributed by atoms with Crippen molar-refractivity contribution in [2.24, 2.45) is 5.92 Å². The molecule has 2 rings (SSSR count). The topological polar surface area (TPSA) is 15.3 Å². The molecule has 2 atom stereocenters. The van der Waals surface area contributed by atoms with Crippen molar-refractivity contribution in [2.45, 2.75) is 52.1 Å². The zero-order chi connectivity index (χ0) is 14.4. The molecule has 0 aliphatic carbocycles. The van der Waals surface area contributed by atoms with Crippen LogP contribution in [0.5, 0.6) is 0 Å². The Bertz CT molecular complexity index is 374. The minimum Gasteiger partial charge on any atom is -0.311 e. The van der Waals surface area contributed by atoms with E-state index in [1.807, 2.05) is 0 Å². The molecule has 2 heteroatoms. The largest absolute Gasteiger partial charge is 0.311 e. The van der Waals surface area contributed by atoms with Crippen LogP contribution in [0.15, 0.2) is 30.3 Å². The van der Waals surface area contributed by atoms with Gasteiger partial charge in [-0.1, -0.05) is 51.1 Å². The lowest BCUT2D eigenvalue weighted by Gasteiger charge is -2.40. The van der Waals surface area contributed by atoms with Crippen LogP contribution in [0.4, 0.5) is 0 Å². The lowest BCUT2D eigenvalue weighted by atomic mass is 9.98. The van der Waals surface area contributed by atoms with Crippen LogP contribution in [-0.4, -0.2) is 36.6 Å². The maximum atomic E-state index is 3.74. The SMILES string of the molecule is CCC1CNC(CC(C)C)CN1CCc1ccccc1. The Kier molecular flexibility index (Phi) is 6.06. The molecule has 0 saturated carbocycles. The third-order valence-corrected chi connectivity index (χ3v) is 4.37. The van der Waals surface area contributed by atoms with E-state index in [2.05, 4.69) is 61.3 Å². The summed E-state index contributed by atoms with van der Waals surface area (Å²) in [4.78, 5) is 2.70. The first-order chi connectivity index (χ1) is 9.69. The molecule has 0 spiro atoms. The van der Waals surface area contributed by atoms with Crippen LogP contribution in [0.2, 0.25) is 0 Å². The van der Waals surface area contributed by atoms with Gasteiger partial charge in [-0.05, 0) is 30.7 Å². The van der Waals surface area contributed by atoms with Gasteiger partial charge < -0.3 is 5.32 Å². The van der Waals surface area contributed by atoms with Crippen molar-refractivity contribution in [3.63, 3.8) is 0 Å². The number of nitrogens with zero attached hydrogens (tertiary/aromatic N) is 1. The van der Waals surface area contributed by atoms with E-state index in [-0.39, 0.29) is 0 Å². The molecular formula is C18H30N2. The summed E-state index contributed by atoms with van der Waals surface area (Å²) in [5.41, 5.74) is 1.46. The summed E-state index contributed by atoms with van der Waals surface area (Å²) < 4.78 is 0. The van der Waals surface area contributed by atoms with Crippen molar-refractivity contribution < 1.29 is 0 Å². The number of piperazine rings is 1. The summed E-state index contributed by atoms with van der Waals surface area (Å²) in [6.45, 7) is 10.5. The monoisotopic (exact) mass is 274 g/mol. The van der Waals surface area contributed by atoms with Crippen molar-refractivity contribution in [2.75, 3.05) is 19.6 Å². The third-order valence-electron chi connectivity index (χ3n) is 4.37. The minimum atomic E-state index is 0.675. The van der Waals surface area contributed by atoms with Gasteiger partial charge in [-0.25, -0.2) is 0 Å². The molecule has 1 fully saturated rings. The smallest absolute Gasteiger partial charge is 0.0218 e. The van der Waals surface area contributed by atoms with Crippen molar-refractivity contribution in [3.05, 3.63) is 35.9 Å². The molecule has 1 saturated heterocycles. The number of rotatable bonds is 6. The van der Waals surface area contributed by atoms with Crippen molar-refractivity contribution in [3.8, 4) is 0 Å². The number of benzene rings is 1. The van der Waals surface area contributed by atoms with Gasteiger partial charge in [0.25, 0.3) is 0 Å². The molecule has 0 aromatic heterocycles. The Hall–Kier alpha value is -0.860. The first kappa shape index (κ1) is 15.5. The second-order valence-corrected chi connectivity index (χ2v) is 6.53. The maximum Gasteiger partial charge on any atom is 0.0218 e. The molecule has 0 radical (unpaired) electrons. The molecule has 1 aromatic carbocycles. The molecule has 0 amide bonds. The second kappa shape index (κ2) is 7.80. The highest BCUT2D eigenvalue weighted by atomic mass is 15.2. The highest BCUT2D eigenvalue weighted by Crippen LogP contribution is 2.16. The molecule has 2 nitrogen and oxygen atoms in total. The first-order valence-electron chi connectivity index (χ1n) is 8.20. The van der Waals surface area contributed by atoms with E-state index in [0.717, 1.165) is 12.5 Å². The predicted octanol–water partition coefficient (Wildman–Crippen LogP) is 3.33. The lowest BCUT2D eigenvalue weighted by molar-refractivity contribution is 0.120. The number of hydrogen-bond acceptors (Lipinski definition) is 2. The molecule has 1 N–H and O–H groups in total. The number of hydrogen-bond donors (Lipinski definition) is 1. The summed E-state index contributed by atoms with van der Waals surface area (Å²) in [5, 5.41) is 3.74. The van der Waals surface area contributed by atoms with Gasteiger partial charge in [0, 0.05) is 31.7 Å². The average molecular weight is 274 g/mol. The summed E-state index contributed by atoms with van der Waals surface area (Å²) in [7, 11) is 0. The average Bonchev–Trinajstić information content (AvgIpc) is 2.46.